The van der Waals surface area contributed by atoms with E-state index in [1.54, 1.807) is 0 Å². The number of carbonyl (C=O) groups excluding carboxylic acids is 2. The molecule has 1 amide bonds. The molecule has 0 aromatic rings. The van der Waals surface area contributed by atoms with Gasteiger partial charge < -0.3 is 4.90 Å². The molecule has 3 nitrogen and oxygen atoms in total. The number of hydrogen-bond acceptors (Lipinski definition) is 2. The Morgan fingerprint density at radius 3 is 2.31 bits per heavy atom. The molecule has 0 N–H and O–H groups in total. The van der Waals surface area contributed by atoms with Crippen molar-refractivity contribution in [1.29, 1.82) is 0 Å². The van der Waals surface area contributed by atoms with Gasteiger partial charge in [-0.2, -0.15) is 0 Å². The average molecular weight is 181 g/mol. The Hall–Kier alpha value is -0.860. The predicted octanol–water partition coefficient (Wildman–Crippen LogP) is 1.12. The first kappa shape index (κ1) is 8.73. The molecule has 0 atom stereocenters. The Labute approximate surface area is 78.1 Å². The standard InChI is InChI=1S/C10H15NO2/c12-9-5-3-8(4-6-9)11-7-1-2-10(11)13/h8H,1-7H2. The highest BCUT2D eigenvalue weighted by molar-refractivity contribution is 5.81. The molecular weight excluding hydrogens is 166 g/mol. The minimum absolute atomic E-state index is 0.291. The summed E-state index contributed by atoms with van der Waals surface area (Å²) in [6.45, 7) is 0.914. The maximum Gasteiger partial charge on any atom is 0.222 e. The fourth-order valence-corrected chi connectivity index (χ4v) is 2.29. The number of Topliss-reactive ketones (excluding diaryl/α,β-unsaturated/α-hetero) is 1. The molecule has 1 saturated carbocycles. The number of carbonyl (C=O) groups is 2. The van der Waals surface area contributed by atoms with Gasteiger partial charge in [0.25, 0.3) is 0 Å². The van der Waals surface area contributed by atoms with E-state index in [0.29, 0.717) is 37.0 Å². The molecule has 0 aromatic heterocycles. The van der Waals surface area contributed by atoms with Crippen molar-refractivity contribution in [1.82, 2.24) is 4.90 Å². The summed E-state index contributed by atoms with van der Waals surface area (Å²) in [6.07, 6.45) is 4.85. The van der Waals surface area contributed by atoms with E-state index in [4.69, 9.17) is 0 Å². The zero-order valence-corrected chi connectivity index (χ0v) is 7.79. The van der Waals surface area contributed by atoms with Crippen molar-refractivity contribution in [3.05, 3.63) is 0 Å². The monoisotopic (exact) mass is 181 g/mol. The third-order valence-corrected chi connectivity index (χ3v) is 3.06. The van der Waals surface area contributed by atoms with Gasteiger partial charge in [0.1, 0.15) is 5.78 Å². The van der Waals surface area contributed by atoms with E-state index in [1.165, 1.54) is 0 Å². The lowest BCUT2D eigenvalue weighted by Crippen LogP contribution is -2.38. The summed E-state index contributed by atoms with van der Waals surface area (Å²) in [5.74, 6) is 0.655. The number of ketones is 1. The molecule has 0 unspecified atom stereocenters. The summed E-state index contributed by atoms with van der Waals surface area (Å²) in [7, 11) is 0. The molecule has 2 aliphatic rings. The lowest BCUT2D eigenvalue weighted by atomic mass is 9.93. The van der Waals surface area contributed by atoms with E-state index < -0.39 is 0 Å². The van der Waals surface area contributed by atoms with E-state index >= 15 is 0 Å². The highest BCUT2D eigenvalue weighted by atomic mass is 16.2. The zero-order chi connectivity index (χ0) is 9.26. The van der Waals surface area contributed by atoms with Crippen LogP contribution in [0.15, 0.2) is 0 Å². The third-order valence-electron chi connectivity index (χ3n) is 3.06. The van der Waals surface area contributed by atoms with Crippen LogP contribution in [0.4, 0.5) is 0 Å². The van der Waals surface area contributed by atoms with Crippen LogP contribution in [0.5, 0.6) is 0 Å². The summed E-state index contributed by atoms with van der Waals surface area (Å²) >= 11 is 0. The Bertz CT molecular complexity index is 227. The molecule has 1 aliphatic heterocycles. The third kappa shape index (κ3) is 1.74. The summed E-state index contributed by atoms with van der Waals surface area (Å²) in [5.41, 5.74) is 0. The normalized spacial score (nSPS) is 25.7. The van der Waals surface area contributed by atoms with Crippen LogP contribution < -0.4 is 0 Å². The van der Waals surface area contributed by atoms with E-state index in [1.807, 2.05) is 4.90 Å². The van der Waals surface area contributed by atoms with E-state index in [2.05, 4.69) is 0 Å². The van der Waals surface area contributed by atoms with Gasteiger partial charge in [0.15, 0.2) is 0 Å². The summed E-state index contributed by atoms with van der Waals surface area (Å²) < 4.78 is 0. The van der Waals surface area contributed by atoms with Crippen molar-refractivity contribution in [3.63, 3.8) is 0 Å². The first-order chi connectivity index (χ1) is 6.27. The molecule has 2 rings (SSSR count). The van der Waals surface area contributed by atoms with Crippen LogP contribution in [0.3, 0.4) is 0 Å². The van der Waals surface area contributed by atoms with Gasteiger partial charge >= 0.3 is 0 Å². The molecular formula is C10H15NO2. The van der Waals surface area contributed by atoms with E-state index in [9.17, 15) is 9.59 Å². The van der Waals surface area contributed by atoms with Crippen LogP contribution in [-0.2, 0) is 9.59 Å². The molecule has 1 heterocycles. The first-order valence-corrected chi connectivity index (χ1v) is 5.08. The molecule has 0 bridgehead atoms. The van der Waals surface area contributed by atoms with Crippen molar-refractivity contribution in [2.45, 2.75) is 44.6 Å². The van der Waals surface area contributed by atoms with Gasteiger partial charge in [0.05, 0.1) is 0 Å². The maximum atomic E-state index is 11.4. The molecule has 13 heavy (non-hydrogen) atoms. The minimum atomic E-state index is 0.291. The number of nitrogens with zero attached hydrogens (tertiary/aromatic N) is 1. The fraction of sp³-hybridized carbons (Fsp3) is 0.800. The van der Waals surface area contributed by atoms with Crippen LogP contribution in [0.25, 0.3) is 0 Å². The van der Waals surface area contributed by atoms with Crippen molar-refractivity contribution < 1.29 is 9.59 Å². The number of rotatable bonds is 1. The fourth-order valence-electron chi connectivity index (χ4n) is 2.29. The molecule has 0 spiro atoms. The topological polar surface area (TPSA) is 37.4 Å². The van der Waals surface area contributed by atoms with Crippen molar-refractivity contribution >= 4 is 11.7 Å². The van der Waals surface area contributed by atoms with Gasteiger partial charge in [-0.3, -0.25) is 9.59 Å². The zero-order valence-electron chi connectivity index (χ0n) is 7.79. The van der Waals surface area contributed by atoms with Gasteiger partial charge in [-0.15, -0.1) is 0 Å². The lowest BCUT2D eigenvalue weighted by molar-refractivity contribution is -0.132. The second kappa shape index (κ2) is 3.48. The molecule has 1 saturated heterocycles. The Kier molecular flexibility index (Phi) is 2.34. The van der Waals surface area contributed by atoms with Gasteiger partial charge in [-0.1, -0.05) is 0 Å². The lowest BCUT2D eigenvalue weighted by Gasteiger charge is -2.30. The highest BCUT2D eigenvalue weighted by Crippen LogP contribution is 2.24. The summed E-state index contributed by atoms with van der Waals surface area (Å²) in [4.78, 5) is 24.4. The van der Waals surface area contributed by atoms with Gasteiger partial charge in [0, 0.05) is 31.8 Å². The van der Waals surface area contributed by atoms with Gasteiger partial charge in [-0.05, 0) is 19.3 Å². The Morgan fingerprint density at radius 2 is 1.77 bits per heavy atom. The van der Waals surface area contributed by atoms with Crippen molar-refractivity contribution in [2.24, 2.45) is 0 Å². The van der Waals surface area contributed by atoms with E-state index in [0.717, 1.165) is 25.8 Å². The molecule has 0 radical (unpaired) electrons. The first-order valence-electron chi connectivity index (χ1n) is 5.08. The van der Waals surface area contributed by atoms with E-state index in [-0.39, 0.29) is 0 Å². The molecule has 3 heteroatoms. The molecule has 0 aromatic carbocycles. The van der Waals surface area contributed by atoms with Crippen LogP contribution in [0, 0.1) is 0 Å². The summed E-state index contributed by atoms with van der Waals surface area (Å²) in [5, 5.41) is 0. The SMILES string of the molecule is O=C1CCC(N2CCCC2=O)CC1. The molecule has 2 fully saturated rings. The van der Waals surface area contributed by atoms with Crippen molar-refractivity contribution in [2.75, 3.05) is 6.54 Å². The number of amides is 1. The second-order valence-corrected chi connectivity index (χ2v) is 3.96. The average Bonchev–Trinajstić information content (AvgIpc) is 2.53. The number of likely N-dealkylation sites (tertiary alicyclic amines) is 1. The minimum Gasteiger partial charge on any atom is -0.340 e. The molecule has 72 valence electrons. The number of hydrogen-bond donors (Lipinski definition) is 0. The van der Waals surface area contributed by atoms with Crippen LogP contribution >= 0.6 is 0 Å². The highest BCUT2D eigenvalue weighted by Gasteiger charge is 2.30. The van der Waals surface area contributed by atoms with Crippen molar-refractivity contribution in [3.8, 4) is 0 Å². The predicted molar refractivity (Wildman–Crippen MR) is 48.2 cm³/mol. The van der Waals surface area contributed by atoms with Crippen LogP contribution in [-0.4, -0.2) is 29.2 Å². The largest absolute Gasteiger partial charge is 0.340 e. The van der Waals surface area contributed by atoms with Crippen LogP contribution in [0.1, 0.15) is 38.5 Å². The Balaban J connectivity index is 1.93. The quantitative estimate of drug-likeness (QED) is 0.608. The summed E-state index contributed by atoms with van der Waals surface area (Å²) in [6, 6.07) is 0.368. The van der Waals surface area contributed by atoms with Gasteiger partial charge in [0.2, 0.25) is 5.91 Å². The second-order valence-electron chi connectivity index (χ2n) is 3.96. The van der Waals surface area contributed by atoms with Gasteiger partial charge in [-0.25, -0.2) is 0 Å². The molecule has 1 aliphatic carbocycles. The smallest absolute Gasteiger partial charge is 0.222 e. The Morgan fingerprint density at radius 1 is 1.08 bits per heavy atom. The maximum absolute atomic E-state index is 11.4. The van der Waals surface area contributed by atoms with Crippen LogP contribution in [0.2, 0.25) is 0 Å².